The van der Waals surface area contributed by atoms with Crippen LogP contribution in [0.1, 0.15) is 24.0 Å². The molecule has 1 aromatic heterocycles. The summed E-state index contributed by atoms with van der Waals surface area (Å²) in [4.78, 5) is 3.82. The first kappa shape index (κ1) is 20.1. The van der Waals surface area contributed by atoms with Gasteiger partial charge in [0.05, 0.1) is 16.2 Å². The quantitative estimate of drug-likeness (QED) is 0.826. The predicted octanol–water partition coefficient (Wildman–Crippen LogP) is 3.43. The number of rotatable bonds is 3. The van der Waals surface area contributed by atoms with Crippen LogP contribution >= 0.6 is 11.6 Å². The van der Waals surface area contributed by atoms with E-state index in [0.29, 0.717) is 0 Å². The number of alkyl halides is 3. The predicted molar refractivity (Wildman–Crippen MR) is 92.6 cm³/mol. The van der Waals surface area contributed by atoms with Gasteiger partial charge in [0.1, 0.15) is 4.90 Å². The number of nitrogens with zero attached hydrogens (tertiary/aromatic N) is 2. The van der Waals surface area contributed by atoms with Gasteiger partial charge in [-0.2, -0.15) is 17.5 Å². The monoisotopic (exact) mass is 420 g/mol. The Labute approximate surface area is 159 Å². The summed E-state index contributed by atoms with van der Waals surface area (Å²) in [6.45, 7) is -0.0601. The van der Waals surface area contributed by atoms with Crippen molar-refractivity contribution in [1.29, 1.82) is 0 Å². The van der Waals surface area contributed by atoms with Crippen LogP contribution in [0.4, 0.5) is 13.2 Å². The lowest BCUT2D eigenvalue weighted by molar-refractivity contribution is -0.137. The van der Waals surface area contributed by atoms with Gasteiger partial charge in [0.25, 0.3) is 0 Å². The van der Waals surface area contributed by atoms with Gasteiger partial charge in [-0.05, 0) is 42.7 Å². The third kappa shape index (κ3) is 3.96. The SMILES string of the molecule is O=S(=O)(c1cccnc1)N1CCC(O)(c2ccc(Cl)c(C(F)(F)F)c2)CC1. The van der Waals surface area contributed by atoms with Gasteiger partial charge >= 0.3 is 6.18 Å². The number of hydrogen-bond acceptors (Lipinski definition) is 4. The van der Waals surface area contributed by atoms with Gasteiger partial charge in [-0.3, -0.25) is 4.98 Å². The van der Waals surface area contributed by atoms with Crippen LogP contribution in [0.3, 0.4) is 0 Å². The average Bonchev–Trinajstić information content (AvgIpc) is 2.62. The average molecular weight is 421 g/mol. The first-order valence-electron chi connectivity index (χ1n) is 8.04. The van der Waals surface area contributed by atoms with Crippen molar-refractivity contribution in [2.24, 2.45) is 0 Å². The van der Waals surface area contributed by atoms with E-state index in [1.807, 2.05) is 0 Å². The summed E-state index contributed by atoms with van der Waals surface area (Å²) in [7, 11) is -3.77. The zero-order chi connectivity index (χ0) is 19.9. The van der Waals surface area contributed by atoms with Crippen LogP contribution in [-0.4, -0.2) is 35.9 Å². The summed E-state index contributed by atoms with van der Waals surface area (Å²) in [5.41, 5.74) is -2.52. The van der Waals surface area contributed by atoms with E-state index in [-0.39, 0.29) is 36.4 Å². The highest BCUT2D eigenvalue weighted by molar-refractivity contribution is 7.89. The molecule has 27 heavy (non-hydrogen) atoms. The number of hydrogen-bond donors (Lipinski definition) is 1. The number of aliphatic hydroxyl groups is 1. The Hall–Kier alpha value is -1.68. The summed E-state index contributed by atoms with van der Waals surface area (Å²) in [6, 6.07) is 6.17. The minimum atomic E-state index is -4.65. The van der Waals surface area contributed by atoms with Crippen LogP contribution in [-0.2, 0) is 21.8 Å². The van der Waals surface area contributed by atoms with E-state index in [1.165, 1.54) is 34.9 Å². The van der Waals surface area contributed by atoms with Gasteiger partial charge in [0, 0.05) is 25.5 Å². The van der Waals surface area contributed by atoms with E-state index in [4.69, 9.17) is 11.6 Å². The molecule has 3 rings (SSSR count). The maximum absolute atomic E-state index is 13.1. The molecule has 5 nitrogen and oxygen atoms in total. The summed E-state index contributed by atoms with van der Waals surface area (Å²) in [5, 5.41) is 10.4. The molecule has 1 aliphatic heterocycles. The number of pyridine rings is 1. The van der Waals surface area contributed by atoms with Crippen molar-refractivity contribution in [3.63, 3.8) is 0 Å². The number of benzene rings is 1. The maximum Gasteiger partial charge on any atom is 0.417 e. The Bertz CT molecular complexity index is 928. The fourth-order valence-electron chi connectivity index (χ4n) is 3.07. The Morgan fingerprint density at radius 2 is 1.85 bits per heavy atom. The standard InChI is InChI=1S/C17H16ClF3N2O3S/c18-15-4-3-12(10-14(15)17(19,20)21)16(24)5-8-23(9-6-16)27(25,26)13-2-1-7-22-11-13/h1-4,7,10-11,24H,5-6,8-9H2. The van der Waals surface area contributed by atoms with Crippen molar-refractivity contribution < 1.29 is 26.7 Å². The molecule has 0 atom stereocenters. The van der Waals surface area contributed by atoms with Gasteiger partial charge in [-0.15, -0.1) is 0 Å². The van der Waals surface area contributed by atoms with Crippen LogP contribution in [0, 0.1) is 0 Å². The number of halogens is 4. The summed E-state index contributed by atoms with van der Waals surface area (Å²) >= 11 is 5.62. The normalized spacial score (nSPS) is 18.4. The first-order chi connectivity index (χ1) is 12.5. The topological polar surface area (TPSA) is 70.5 Å². The molecule has 0 bridgehead atoms. The molecule has 2 aromatic rings. The molecule has 146 valence electrons. The van der Waals surface area contributed by atoms with Gasteiger partial charge in [-0.25, -0.2) is 8.42 Å². The molecule has 1 fully saturated rings. The van der Waals surface area contributed by atoms with Crippen molar-refractivity contribution in [3.05, 3.63) is 58.9 Å². The van der Waals surface area contributed by atoms with E-state index in [2.05, 4.69) is 4.98 Å². The van der Waals surface area contributed by atoms with Crippen molar-refractivity contribution in [1.82, 2.24) is 9.29 Å². The Morgan fingerprint density at radius 3 is 2.41 bits per heavy atom. The van der Waals surface area contributed by atoms with Crippen molar-refractivity contribution in [2.45, 2.75) is 29.5 Å². The van der Waals surface area contributed by atoms with Gasteiger partial charge < -0.3 is 5.11 Å². The Balaban J connectivity index is 1.83. The molecular formula is C17H16ClF3N2O3S. The first-order valence-corrected chi connectivity index (χ1v) is 9.86. The number of piperidine rings is 1. The zero-order valence-electron chi connectivity index (χ0n) is 13.9. The summed E-state index contributed by atoms with van der Waals surface area (Å²) in [5.74, 6) is 0. The highest BCUT2D eigenvalue weighted by atomic mass is 35.5. The van der Waals surface area contributed by atoms with Crippen molar-refractivity contribution in [2.75, 3.05) is 13.1 Å². The largest absolute Gasteiger partial charge is 0.417 e. The summed E-state index contributed by atoms with van der Waals surface area (Å²) < 4.78 is 65.6. The number of sulfonamides is 1. The van der Waals surface area contributed by atoms with Gasteiger partial charge in [0.15, 0.2) is 0 Å². The molecule has 0 saturated carbocycles. The fraction of sp³-hybridized carbons (Fsp3) is 0.353. The minimum absolute atomic E-state index is 0.0290. The third-order valence-corrected chi connectivity index (χ3v) is 6.84. The fourth-order valence-corrected chi connectivity index (χ4v) is 4.70. The molecule has 0 amide bonds. The molecule has 1 aromatic carbocycles. The lowest BCUT2D eigenvalue weighted by Gasteiger charge is -2.38. The molecule has 2 heterocycles. The van der Waals surface area contributed by atoms with Crippen LogP contribution in [0.25, 0.3) is 0 Å². The molecule has 0 aliphatic carbocycles. The van der Waals surface area contributed by atoms with E-state index in [9.17, 15) is 26.7 Å². The lowest BCUT2D eigenvalue weighted by atomic mass is 9.84. The second-order valence-corrected chi connectivity index (χ2v) is 8.66. The highest BCUT2D eigenvalue weighted by Crippen LogP contribution is 2.40. The second kappa shape index (κ2) is 7.05. The molecule has 0 spiro atoms. The van der Waals surface area contributed by atoms with Crippen molar-refractivity contribution in [3.8, 4) is 0 Å². The Morgan fingerprint density at radius 1 is 1.19 bits per heavy atom. The van der Waals surface area contributed by atoms with Crippen molar-refractivity contribution >= 4 is 21.6 Å². The third-order valence-electron chi connectivity index (χ3n) is 4.63. The van der Waals surface area contributed by atoms with Crippen LogP contribution in [0.2, 0.25) is 5.02 Å². The molecule has 0 radical (unpaired) electrons. The van der Waals surface area contributed by atoms with Crippen LogP contribution < -0.4 is 0 Å². The van der Waals surface area contributed by atoms with E-state index in [0.717, 1.165) is 12.1 Å². The van der Waals surface area contributed by atoms with E-state index < -0.39 is 32.4 Å². The van der Waals surface area contributed by atoms with E-state index in [1.54, 1.807) is 0 Å². The van der Waals surface area contributed by atoms with Gasteiger partial charge in [0.2, 0.25) is 10.0 Å². The molecule has 1 aliphatic rings. The number of aromatic nitrogens is 1. The van der Waals surface area contributed by atoms with Gasteiger partial charge in [-0.1, -0.05) is 17.7 Å². The minimum Gasteiger partial charge on any atom is -0.385 e. The van der Waals surface area contributed by atoms with Crippen LogP contribution in [0.15, 0.2) is 47.6 Å². The summed E-state index contributed by atoms with van der Waals surface area (Å²) in [6.07, 6.45) is -2.04. The highest BCUT2D eigenvalue weighted by Gasteiger charge is 2.40. The maximum atomic E-state index is 13.1. The smallest absolute Gasteiger partial charge is 0.385 e. The molecule has 1 N–H and O–H groups in total. The molecular weight excluding hydrogens is 405 g/mol. The van der Waals surface area contributed by atoms with Crippen LogP contribution in [0.5, 0.6) is 0 Å². The van der Waals surface area contributed by atoms with E-state index >= 15 is 0 Å². The molecule has 10 heteroatoms. The second-order valence-electron chi connectivity index (χ2n) is 6.32. The zero-order valence-corrected chi connectivity index (χ0v) is 15.5. The lowest BCUT2D eigenvalue weighted by Crippen LogP contribution is -2.45. The Kier molecular flexibility index (Phi) is 5.24. The molecule has 0 unspecified atom stereocenters. The molecule has 1 saturated heterocycles.